The van der Waals surface area contributed by atoms with Gasteiger partial charge >= 0.3 is 6.09 Å². The first-order chi connectivity index (χ1) is 7.56. The molecular formula is C10H19N3O3. The Labute approximate surface area is 95.3 Å². The molecule has 1 fully saturated rings. The molecule has 6 heteroatoms. The molecule has 1 rings (SSSR count). The lowest BCUT2D eigenvalue weighted by Crippen LogP contribution is -2.54. The standard InChI is InChI=1S/C10H19N3O3/c1-3-16-10(15)13-6-4-12(5-7-13)8(2)9(11)14/h8H,3-7H2,1-2H3,(H2,11,14). The number of rotatable bonds is 3. The molecule has 1 heterocycles. The molecule has 2 N–H and O–H groups in total. The van der Waals surface area contributed by atoms with E-state index < -0.39 is 0 Å². The molecule has 2 amide bonds. The average Bonchev–Trinajstić information content (AvgIpc) is 2.28. The molecule has 0 saturated carbocycles. The van der Waals surface area contributed by atoms with Crippen LogP contribution in [0.15, 0.2) is 0 Å². The highest BCUT2D eigenvalue weighted by atomic mass is 16.6. The Hall–Kier alpha value is -1.30. The maximum absolute atomic E-state index is 11.4. The minimum absolute atomic E-state index is 0.274. The van der Waals surface area contributed by atoms with E-state index in [-0.39, 0.29) is 18.0 Å². The fourth-order valence-electron chi connectivity index (χ4n) is 1.69. The van der Waals surface area contributed by atoms with Crippen molar-refractivity contribution in [3.8, 4) is 0 Å². The van der Waals surface area contributed by atoms with Gasteiger partial charge in [-0.25, -0.2) is 4.79 Å². The molecule has 0 aromatic carbocycles. The molecule has 1 saturated heterocycles. The Bertz CT molecular complexity index is 262. The fraction of sp³-hybridized carbons (Fsp3) is 0.800. The number of amides is 2. The number of ether oxygens (including phenoxy) is 1. The summed E-state index contributed by atoms with van der Waals surface area (Å²) in [6.07, 6.45) is -0.283. The molecule has 0 aromatic heterocycles. The Kier molecular flexibility index (Phi) is 4.54. The molecule has 0 spiro atoms. The van der Waals surface area contributed by atoms with Gasteiger partial charge in [-0.2, -0.15) is 0 Å². The van der Waals surface area contributed by atoms with Crippen LogP contribution in [0.4, 0.5) is 4.79 Å². The summed E-state index contributed by atoms with van der Waals surface area (Å²) in [6.45, 7) is 6.42. The van der Waals surface area contributed by atoms with Crippen LogP contribution in [0.2, 0.25) is 0 Å². The van der Waals surface area contributed by atoms with Gasteiger partial charge < -0.3 is 15.4 Å². The van der Waals surface area contributed by atoms with Gasteiger partial charge in [-0.1, -0.05) is 0 Å². The van der Waals surface area contributed by atoms with Gasteiger partial charge in [-0.3, -0.25) is 9.69 Å². The third kappa shape index (κ3) is 3.10. The highest BCUT2D eigenvalue weighted by molar-refractivity contribution is 5.79. The molecule has 92 valence electrons. The second-order valence-electron chi connectivity index (χ2n) is 3.80. The lowest BCUT2D eigenvalue weighted by molar-refractivity contribution is -0.123. The highest BCUT2D eigenvalue weighted by Gasteiger charge is 2.26. The van der Waals surface area contributed by atoms with Crippen molar-refractivity contribution >= 4 is 12.0 Å². The highest BCUT2D eigenvalue weighted by Crippen LogP contribution is 2.07. The normalized spacial score (nSPS) is 19.2. The summed E-state index contributed by atoms with van der Waals surface area (Å²) >= 11 is 0. The quantitative estimate of drug-likeness (QED) is 0.716. The lowest BCUT2D eigenvalue weighted by atomic mass is 10.2. The van der Waals surface area contributed by atoms with E-state index in [1.807, 2.05) is 4.90 Å². The SMILES string of the molecule is CCOC(=O)N1CCN(C(C)C(N)=O)CC1. The van der Waals surface area contributed by atoms with E-state index in [1.165, 1.54) is 0 Å². The third-order valence-corrected chi connectivity index (χ3v) is 2.80. The van der Waals surface area contributed by atoms with E-state index in [9.17, 15) is 9.59 Å². The van der Waals surface area contributed by atoms with Crippen molar-refractivity contribution in [1.82, 2.24) is 9.80 Å². The van der Waals surface area contributed by atoms with Crippen molar-refractivity contribution in [2.24, 2.45) is 5.73 Å². The maximum atomic E-state index is 11.4. The summed E-state index contributed by atoms with van der Waals surface area (Å²) in [4.78, 5) is 26.0. The molecule has 0 aliphatic carbocycles. The molecule has 0 aromatic rings. The summed E-state index contributed by atoms with van der Waals surface area (Å²) in [5, 5.41) is 0. The van der Waals surface area contributed by atoms with Gasteiger partial charge in [0.05, 0.1) is 12.6 Å². The van der Waals surface area contributed by atoms with Gasteiger partial charge in [0, 0.05) is 26.2 Å². The maximum Gasteiger partial charge on any atom is 0.409 e. The second-order valence-corrected chi connectivity index (χ2v) is 3.80. The van der Waals surface area contributed by atoms with E-state index >= 15 is 0 Å². The van der Waals surface area contributed by atoms with Crippen LogP contribution in [0.3, 0.4) is 0 Å². The molecule has 1 aliphatic heterocycles. The summed E-state index contributed by atoms with van der Waals surface area (Å²) in [5.74, 6) is -0.329. The van der Waals surface area contributed by atoms with E-state index in [4.69, 9.17) is 10.5 Å². The van der Waals surface area contributed by atoms with Crippen LogP contribution in [0.25, 0.3) is 0 Å². The Balaban J connectivity index is 2.39. The molecule has 6 nitrogen and oxygen atoms in total. The predicted octanol–water partition coefficient (Wildman–Crippen LogP) is -0.366. The second kappa shape index (κ2) is 5.69. The molecule has 1 unspecified atom stereocenters. The molecule has 1 atom stereocenters. The van der Waals surface area contributed by atoms with Crippen LogP contribution >= 0.6 is 0 Å². The van der Waals surface area contributed by atoms with E-state index in [0.717, 1.165) is 0 Å². The number of nitrogens with two attached hydrogens (primary N) is 1. The molecule has 1 aliphatic rings. The zero-order valence-electron chi connectivity index (χ0n) is 9.81. The monoisotopic (exact) mass is 229 g/mol. The van der Waals surface area contributed by atoms with Crippen molar-refractivity contribution in [2.75, 3.05) is 32.8 Å². The average molecular weight is 229 g/mol. The van der Waals surface area contributed by atoms with Crippen LogP contribution in [-0.4, -0.2) is 60.6 Å². The first-order valence-electron chi connectivity index (χ1n) is 5.51. The van der Waals surface area contributed by atoms with Gasteiger partial charge in [-0.05, 0) is 13.8 Å². The number of primary amides is 1. The van der Waals surface area contributed by atoms with Crippen LogP contribution in [0, 0.1) is 0 Å². The molecule has 0 bridgehead atoms. The summed E-state index contributed by atoms with van der Waals surface area (Å²) in [6, 6.07) is -0.274. The minimum Gasteiger partial charge on any atom is -0.450 e. The summed E-state index contributed by atoms with van der Waals surface area (Å²) in [5.41, 5.74) is 5.22. The number of hydrogen-bond donors (Lipinski definition) is 1. The van der Waals surface area contributed by atoms with Crippen LogP contribution in [0.1, 0.15) is 13.8 Å². The number of nitrogens with zero attached hydrogens (tertiary/aromatic N) is 2. The smallest absolute Gasteiger partial charge is 0.409 e. The number of piperazine rings is 1. The van der Waals surface area contributed by atoms with Crippen LogP contribution in [-0.2, 0) is 9.53 Å². The largest absolute Gasteiger partial charge is 0.450 e. The Morgan fingerprint density at radius 3 is 2.31 bits per heavy atom. The van der Waals surface area contributed by atoms with Gasteiger partial charge in [0.25, 0.3) is 0 Å². The lowest BCUT2D eigenvalue weighted by Gasteiger charge is -2.36. The van der Waals surface area contributed by atoms with Gasteiger partial charge in [0.15, 0.2) is 0 Å². The van der Waals surface area contributed by atoms with E-state index in [0.29, 0.717) is 32.8 Å². The van der Waals surface area contributed by atoms with E-state index in [1.54, 1.807) is 18.7 Å². The third-order valence-electron chi connectivity index (χ3n) is 2.80. The minimum atomic E-state index is -0.329. The first-order valence-corrected chi connectivity index (χ1v) is 5.51. The zero-order chi connectivity index (χ0) is 12.1. The fourth-order valence-corrected chi connectivity index (χ4v) is 1.69. The van der Waals surface area contributed by atoms with Crippen LogP contribution < -0.4 is 5.73 Å². The van der Waals surface area contributed by atoms with Gasteiger partial charge in [0.2, 0.25) is 5.91 Å². The zero-order valence-corrected chi connectivity index (χ0v) is 9.81. The Morgan fingerprint density at radius 2 is 1.88 bits per heavy atom. The topological polar surface area (TPSA) is 75.9 Å². The van der Waals surface area contributed by atoms with Crippen molar-refractivity contribution in [2.45, 2.75) is 19.9 Å². The molecule has 0 radical (unpaired) electrons. The predicted molar refractivity (Wildman–Crippen MR) is 58.8 cm³/mol. The Morgan fingerprint density at radius 1 is 1.31 bits per heavy atom. The van der Waals surface area contributed by atoms with Gasteiger partial charge in [0.1, 0.15) is 0 Å². The van der Waals surface area contributed by atoms with Crippen molar-refractivity contribution < 1.29 is 14.3 Å². The molecule has 16 heavy (non-hydrogen) atoms. The van der Waals surface area contributed by atoms with Crippen LogP contribution in [0.5, 0.6) is 0 Å². The van der Waals surface area contributed by atoms with Crippen molar-refractivity contribution in [3.05, 3.63) is 0 Å². The van der Waals surface area contributed by atoms with Crippen molar-refractivity contribution in [1.29, 1.82) is 0 Å². The van der Waals surface area contributed by atoms with E-state index in [2.05, 4.69) is 0 Å². The summed E-state index contributed by atoms with van der Waals surface area (Å²) in [7, 11) is 0. The summed E-state index contributed by atoms with van der Waals surface area (Å²) < 4.78 is 4.90. The van der Waals surface area contributed by atoms with Gasteiger partial charge in [-0.15, -0.1) is 0 Å². The number of carbonyl (C=O) groups is 2. The number of hydrogen-bond acceptors (Lipinski definition) is 4. The van der Waals surface area contributed by atoms with Crippen molar-refractivity contribution in [3.63, 3.8) is 0 Å². The first kappa shape index (κ1) is 12.8. The number of carbonyl (C=O) groups excluding carboxylic acids is 2. The molecular weight excluding hydrogens is 210 g/mol.